The first-order valence-electron chi connectivity index (χ1n) is 4.08. The second kappa shape index (κ2) is 3.59. The molecule has 0 atom stereocenters. The molecule has 1 aromatic carbocycles. The molecule has 0 aromatic heterocycles. The predicted molar refractivity (Wildman–Crippen MR) is 55.3 cm³/mol. The van der Waals surface area contributed by atoms with E-state index in [0.29, 0.717) is 5.56 Å². The summed E-state index contributed by atoms with van der Waals surface area (Å²) in [6.45, 7) is 1.65. The van der Waals surface area contributed by atoms with Crippen molar-refractivity contribution in [1.29, 1.82) is 0 Å². The first-order valence-corrected chi connectivity index (χ1v) is 5.52. The van der Waals surface area contributed by atoms with Gasteiger partial charge in [0.15, 0.2) is 0 Å². The van der Waals surface area contributed by atoms with Gasteiger partial charge in [-0.1, -0.05) is 0 Å². The molecular formula is C9H13NO3S. The van der Waals surface area contributed by atoms with Gasteiger partial charge in [-0.25, -0.2) is 0 Å². The van der Waals surface area contributed by atoms with Crippen LogP contribution in [0.25, 0.3) is 0 Å². The summed E-state index contributed by atoms with van der Waals surface area (Å²) >= 11 is 0. The van der Waals surface area contributed by atoms with Gasteiger partial charge in [-0.05, 0) is 30.7 Å². The monoisotopic (exact) mass is 215 g/mol. The van der Waals surface area contributed by atoms with Crippen molar-refractivity contribution in [2.75, 3.05) is 19.0 Å². The second-order valence-corrected chi connectivity index (χ2v) is 4.71. The molecular weight excluding hydrogens is 202 g/mol. The van der Waals surface area contributed by atoms with Gasteiger partial charge < -0.3 is 4.90 Å². The van der Waals surface area contributed by atoms with Gasteiger partial charge in [0.2, 0.25) is 0 Å². The third kappa shape index (κ3) is 2.24. The number of aryl methyl sites for hydroxylation is 1. The number of hydrogen-bond donors (Lipinski definition) is 1. The van der Waals surface area contributed by atoms with Gasteiger partial charge >= 0.3 is 0 Å². The molecule has 0 bridgehead atoms. The zero-order chi connectivity index (χ0) is 10.9. The van der Waals surface area contributed by atoms with Crippen LogP contribution in [-0.4, -0.2) is 27.1 Å². The molecule has 1 rings (SSSR count). The maximum absolute atomic E-state index is 10.9. The summed E-state index contributed by atoms with van der Waals surface area (Å²) in [5, 5.41) is 0. The molecule has 0 saturated heterocycles. The van der Waals surface area contributed by atoms with E-state index in [9.17, 15) is 8.42 Å². The van der Waals surface area contributed by atoms with E-state index in [2.05, 4.69) is 0 Å². The van der Waals surface area contributed by atoms with Crippen LogP contribution in [0.2, 0.25) is 0 Å². The van der Waals surface area contributed by atoms with Gasteiger partial charge in [-0.3, -0.25) is 4.55 Å². The normalized spacial score (nSPS) is 11.4. The molecule has 14 heavy (non-hydrogen) atoms. The van der Waals surface area contributed by atoms with Crippen molar-refractivity contribution >= 4 is 15.8 Å². The molecule has 0 spiro atoms. The van der Waals surface area contributed by atoms with Crippen LogP contribution >= 0.6 is 0 Å². The quantitative estimate of drug-likeness (QED) is 0.756. The van der Waals surface area contributed by atoms with Crippen molar-refractivity contribution in [3.63, 3.8) is 0 Å². The zero-order valence-electron chi connectivity index (χ0n) is 8.35. The van der Waals surface area contributed by atoms with Crippen LogP contribution in [0.1, 0.15) is 5.56 Å². The first-order chi connectivity index (χ1) is 6.32. The average Bonchev–Trinajstić information content (AvgIpc) is 2.01. The Kier molecular flexibility index (Phi) is 2.82. The number of benzene rings is 1. The zero-order valence-corrected chi connectivity index (χ0v) is 9.17. The van der Waals surface area contributed by atoms with E-state index < -0.39 is 10.1 Å². The van der Waals surface area contributed by atoms with E-state index in [4.69, 9.17) is 4.55 Å². The third-order valence-electron chi connectivity index (χ3n) is 1.95. The first kappa shape index (κ1) is 11.0. The Morgan fingerprint density at radius 2 is 1.86 bits per heavy atom. The Hall–Kier alpha value is -1.07. The molecule has 4 nitrogen and oxygen atoms in total. The summed E-state index contributed by atoms with van der Waals surface area (Å²) in [6, 6.07) is 4.76. The molecule has 0 unspecified atom stereocenters. The molecule has 0 amide bonds. The Balaban J connectivity index is 3.28. The van der Waals surface area contributed by atoms with Crippen molar-refractivity contribution in [3.8, 4) is 0 Å². The van der Waals surface area contributed by atoms with E-state index in [0.717, 1.165) is 5.69 Å². The molecule has 78 valence electrons. The summed E-state index contributed by atoms with van der Waals surface area (Å²) in [6.07, 6.45) is 0. The summed E-state index contributed by atoms with van der Waals surface area (Å²) in [5.74, 6) is 0. The minimum absolute atomic E-state index is 0.0388. The van der Waals surface area contributed by atoms with Crippen molar-refractivity contribution in [3.05, 3.63) is 23.8 Å². The largest absolute Gasteiger partial charge is 0.378 e. The van der Waals surface area contributed by atoms with Gasteiger partial charge in [0.05, 0.1) is 4.90 Å². The lowest BCUT2D eigenvalue weighted by Crippen LogP contribution is -2.09. The van der Waals surface area contributed by atoms with E-state index in [1.54, 1.807) is 19.1 Å². The van der Waals surface area contributed by atoms with Crippen molar-refractivity contribution in [1.82, 2.24) is 0 Å². The highest BCUT2D eigenvalue weighted by molar-refractivity contribution is 7.85. The Morgan fingerprint density at radius 1 is 1.29 bits per heavy atom. The summed E-state index contributed by atoms with van der Waals surface area (Å²) in [4.78, 5) is 1.82. The number of hydrogen-bond acceptors (Lipinski definition) is 3. The molecule has 0 fully saturated rings. The maximum Gasteiger partial charge on any atom is 0.294 e. The van der Waals surface area contributed by atoms with Gasteiger partial charge in [-0.15, -0.1) is 0 Å². The van der Waals surface area contributed by atoms with E-state index in [1.165, 1.54) is 6.07 Å². The van der Waals surface area contributed by atoms with Gasteiger partial charge in [-0.2, -0.15) is 8.42 Å². The number of rotatable bonds is 2. The topological polar surface area (TPSA) is 57.6 Å². The Morgan fingerprint density at radius 3 is 2.21 bits per heavy atom. The molecule has 0 aliphatic carbocycles. The van der Waals surface area contributed by atoms with Crippen LogP contribution in [0, 0.1) is 6.92 Å². The molecule has 5 heteroatoms. The highest BCUT2D eigenvalue weighted by Gasteiger charge is 2.13. The standard InChI is InChI=1S/C9H13NO3S/c1-7-6-8(10(2)3)4-5-9(7)14(11,12)13/h4-6H,1-3H3,(H,11,12,13). The number of nitrogens with zero attached hydrogens (tertiary/aromatic N) is 1. The van der Waals surface area contributed by atoms with E-state index in [1.807, 2.05) is 19.0 Å². The number of anilines is 1. The highest BCUT2D eigenvalue weighted by atomic mass is 32.2. The summed E-state index contributed by atoms with van der Waals surface area (Å²) < 4.78 is 30.6. The molecule has 0 radical (unpaired) electrons. The predicted octanol–water partition coefficient (Wildman–Crippen LogP) is 1.31. The van der Waals surface area contributed by atoms with Crippen LogP contribution in [0.5, 0.6) is 0 Å². The molecule has 0 heterocycles. The van der Waals surface area contributed by atoms with Crippen LogP contribution < -0.4 is 4.90 Å². The molecule has 1 N–H and O–H groups in total. The SMILES string of the molecule is Cc1cc(N(C)C)ccc1S(=O)(=O)O. The van der Waals surface area contributed by atoms with Crippen molar-refractivity contribution < 1.29 is 13.0 Å². The van der Waals surface area contributed by atoms with Crippen molar-refractivity contribution in [2.45, 2.75) is 11.8 Å². The van der Waals surface area contributed by atoms with E-state index in [-0.39, 0.29) is 4.90 Å². The highest BCUT2D eigenvalue weighted by Crippen LogP contribution is 2.20. The average molecular weight is 215 g/mol. The Labute approximate surface area is 83.9 Å². The van der Waals surface area contributed by atoms with Gasteiger partial charge in [0, 0.05) is 19.8 Å². The Bertz CT molecular complexity index is 437. The lowest BCUT2D eigenvalue weighted by molar-refractivity contribution is 0.482. The molecule has 1 aromatic rings. The van der Waals surface area contributed by atoms with Crippen molar-refractivity contribution in [2.24, 2.45) is 0 Å². The van der Waals surface area contributed by atoms with Crippen LogP contribution in [0.15, 0.2) is 23.1 Å². The third-order valence-corrected chi connectivity index (χ3v) is 2.97. The lowest BCUT2D eigenvalue weighted by atomic mass is 10.2. The fourth-order valence-corrected chi connectivity index (χ4v) is 1.91. The molecule has 0 aliphatic heterocycles. The van der Waals surface area contributed by atoms with E-state index >= 15 is 0 Å². The lowest BCUT2D eigenvalue weighted by Gasteiger charge is -2.13. The fourth-order valence-electron chi connectivity index (χ4n) is 1.20. The smallest absolute Gasteiger partial charge is 0.294 e. The minimum Gasteiger partial charge on any atom is -0.378 e. The molecule has 0 saturated carbocycles. The van der Waals surface area contributed by atoms with Crippen LogP contribution in [0.4, 0.5) is 5.69 Å². The molecule has 0 aliphatic rings. The van der Waals surface area contributed by atoms with Gasteiger partial charge in [0.25, 0.3) is 10.1 Å². The van der Waals surface area contributed by atoms with Gasteiger partial charge in [0.1, 0.15) is 0 Å². The second-order valence-electron chi connectivity index (χ2n) is 3.32. The van der Waals surface area contributed by atoms with Crippen LogP contribution in [0.3, 0.4) is 0 Å². The summed E-state index contributed by atoms with van der Waals surface area (Å²) in [5.41, 5.74) is 1.44. The fraction of sp³-hybridized carbons (Fsp3) is 0.333. The maximum atomic E-state index is 10.9. The minimum atomic E-state index is -4.09. The summed E-state index contributed by atoms with van der Waals surface area (Å²) in [7, 11) is -0.368. The van der Waals surface area contributed by atoms with Crippen LogP contribution in [-0.2, 0) is 10.1 Å².